The molecule has 4 aromatic rings. The summed E-state index contributed by atoms with van der Waals surface area (Å²) >= 11 is 0. The SMILES string of the molecule is Cc1cc(NC(=O)c2ccc(N=NC3C(=O)NC(=O)NC3=O)cc2)c(OCCO)cc1N=Nc1ccc2cc(S(=O)(=O)O)cc(C)c2c1. The van der Waals surface area contributed by atoms with Gasteiger partial charge in [0.1, 0.15) is 12.4 Å². The summed E-state index contributed by atoms with van der Waals surface area (Å²) in [6, 6.07) is 14.3. The fraction of sp³-hybridized carbons (Fsp3) is 0.161. The molecule has 4 aromatic carbocycles. The monoisotopic (exact) mass is 673 g/mol. The quantitative estimate of drug-likeness (QED) is 0.0899. The molecule has 0 aliphatic carbocycles. The number of anilines is 1. The highest BCUT2D eigenvalue weighted by molar-refractivity contribution is 7.85. The number of urea groups is 1. The van der Waals surface area contributed by atoms with Gasteiger partial charge in [0.2, 0.25) is 6.04 Å². The fourth-order valence-corrected chi connectivity index (χ4v) is 5.19. The smallest absolute Gasteiger partial charge is 0.328 e. The molecule has 1 saturated heterocycles. The van der Waals surface area contributed by atoms with E-state index >= 15 is 0 Å². The molecule has 0 radical (unpaired) electrons. The number of imide groups is 2. The van der Waals surface area contributed by atoms with Gasteiger partial charge in [0.05, 0.1) is 34.3 Å². The number of nitrogens with one attached hydrogen (secondary N) is 3. The minimum atomic E-state index is -4.36. The fourth-order valence-electron chi connectivity index (χ4n) is 4.59. The van der Waals surface area contributed by atoms with Crippen LogP contribution in [0.25, 0.3) is 10.8 Å². The first-order valence-electron chi connectivity index (χ1n) is 14.1. The van der Waals surface area contributed by atoms with E-state index in [1.165, 1.54) is 36.4 Å². The van der Waals surface area contributed by atoms with Crippen LogP contribution in [-0.2, 0) is 19.7 Å². The molecule has 1 fully saturated rings. The number of aliphatic hydroxyl groups excluding tert-OH is 1. The summed E-state index contributed by atoms with van der Waals surface area (Å²) in [6.45, 7) is 3.11. The van der Waals surface area contributed by atoms with Gasteiger partial charge in [-0.1, -0.05) is 6.07 Å². The molecule has 0 spiro atoms. The lowest BCUT2D eigenvalue weighted by molar-refractivity contribution is -0.131. The van der Waals surface area contributed by atoms with Gasteiger partial charge in [0, 0.05) is 11.6 Å². The number of ether oxygens (including phenoxy) is 1. The Bertz CT molecular complexity index is 2110. The molecule has 1 aliphatic heterocycles. The summed E-state index contributed by atoms with van der Waals surface area (Å²) in [6.07, 6.45) is 0. The Kier molecular flexibility index (Phi) is 9.64. The van der Waals surface area contributed by atoms with Gasteiger partial charge in [-0.25, -0.2) is 4.79 Å². The van der Waals surface area contributed by atoms with Gasteiger partial charge in [-0.2, -0.15) is 28.9 Å². The summed E-state index contributed by atoms with van der Waals surface area (Å²) in [5.74, 6) is -2.10. The third-order valence-electron chi connectivity index (χ3n) is 6.97. The third kappa shape index (κ3) is 7.72. The molecule has 0 bridgehead atoms. The van der Waals surface area contributed by atoms with E-state index in [2.05, 4.69) is 25.8 Å². The second-order valence-electron chi connectivity index (χ2n) is 10.5. The van der Waals surface area contributed by atoms with Crippen LogP contribution in [0.2, 0.25) is 0 Å². The zero-order valence-corrected chi connectivity index (χ0v) is 26.1. The molecule has 17 heteroatoms. The molecule has 5 N–H and O–H groups in total. The van der Waals surface area contributed by atoms with Crippen molar-refractivity contribution in [3.8, 4) is 5.75 Å². The van der Waals surface area contributed by atoms with Crippen molar-refractivity contribution in [1.29, 1.82) is 0 Å². The molecule has 1 aliphatic rings. The number of carbonyl (C=O) groups is 4. The van der Waals surface area contributed by atoms with Gasteiger partial charge in [-0.15, -0.1) is 0 Å². The molecule has 16 nitrogen and oxygen atoms in total. The van der Waals surface area contributed by atoms with Crippen LogP contribution in [0.3, 0.4) is 0 Å². The van der Waals surface area contributed by atoms with E-state index in [0.29, 0.717) is 33.6 Å². The number of rotatable bonds is 10. The minimum absolute atomic E-state index is 0.0666. The summed E-state index contributed by atoms with van der Waals surface area (Å²) in [4.78, 5) is 47.7. The van der Waals surface area contributed by atoms with Gasteiger partial charge in [-0.3, -0.25) is 29.6 Å². The van der Waals surface area contributed by atoms with Crippen LogP contribution in [0.4, 0.5) is 27.5 Å². The van der Waals surface area contributed by atoms with Crippen molar-refractivity contribution < 1.29 is 42.0 Å². The maximum atomic E-state index is 13.1. The number of azo groups is 2. The average Bonchev–Trinajstić information content (AvgIpc) is 3.03. The van der Waals surface area contributed by atoms with E-state index in [4.69, 9.17) is 4.74 Å². The van der Waals surface area contributed by atoms with E-state index in [-0.39, 0.29) is 35.1 Å². The van der Waals surface area contributed by atoms with E-state index in [1.54, 1.807) is 44.2 Å². The first kappa shape index (κ1) is 33.5. The summed E-state index contributed by atoms with van der Waals surface area (Å²) in [7, 11) is -4.36. The maximum absolute atomic E-state index is 13.1. The Balaban J connectivity index is 1.33. The second-order valence-corrected chi connectivity index (χ2v) is 11.9. The van der Waals surface area contributed by atoms with Gasteiger partial charge < -0.3 is 15.2 Å². The number of barbiturate groups is 1. The Morgan fingerprint density at radius 1 is 0.875 bits per heavy atom. The molecule has 0 unspecified atom stereocenters. The molecule has 5 rings (SSSR count). The zero-order valence-electron chi connectivity index (χ0n) is 25.3. The Morgan fingerprint density at radius 3 is 2.23 bits per heavy atom. The molecule has 0 aromatic heterocycles. The lowest BCUT2D eigenvalue weighted by atomic mass is 10.1. The van der Waals surface area contributed by atoms with Crippen molar-refractivity contribution in [2.75, 3.05) is 18.5 Å². The minimum Gasteiger partial charge on any atom is -0.489 e. The Hall–Kier alpha value is -5.91. The molecule has 1 heterocycles. The third-order valence-corrected chi connectivity index (χ3v) is 7.80. The van der Waals surface area contributed by atoms with Crippen molar-refractivity contribution in [2.45, 2.75) is 24.8 Å². The molecule has 0 saturated carbocycles. The van der Waals surface area contributed by atoms with E-state index in [9.17, 15) is 37.3 Å². The highest BCUT2D eigenvalue weighted by Gasteiger charge is 2.34. The molecule has 246 valence electrons. The number of nitrogens with zero attached hydrogens (tertiary/aromatic N) is 4. The molecule has 48 heavy (non-hydrogen) atoms. The van der Waals surface area contributed by atoms with Crippen LogP contribution < -0.4 is 20.7 Å². The van der Waals surface area contributed by atoms with Gasteiger partial charge in [0.25, 0.3) is 27.8 Å². The Labute approximate surface area is 272 Å². The van der Waals surface area contributed by atoms with E-state index in [0.717, 1.165) is 5.39 Å². The largest absolute Gasteiger partial charge is 0.489 e. The van der Waals surface area contributed by atoms with Crippen LogP contribution in [0.5, 0.6) is 5.75 Å². The Morgan fingerprint density at radius 2 is 1.56 bits per heavy atom. The highest BCUT2D eigenvalue weighted by atomic mass is 32.2. The number of amides is 5. The topological polar surface area (TPSA) is 238 Å². The number of aryl methyl sites for hydroxylation is 2. The number of hydrogen-bond acceptors (Lipinski definition) is 12. The normalized spacial score (nSPS) is 14.0. The van der Waals surface area contributed by atoms with Crippen LogP contribution in [-0.4, -0.2) is 61.1 Å². The summed E-state index contributed by atoms with van der Waals surface area (Å²) in [5.41, 5.74) is 2.92. The number of hydrogen-bond donors (Lipinski definition) is 5. The zero-order chi connectivity index (χ0) is 34.6. The van der Waals surface area contributed by atoms with Gasteiger partial charge in [-0.05, 0) is 90.3 Å². The van der Waals surface area contributed by atoms with Crippen LogP contribution in [0.15, 0.2) is 92.1 Å². The summed E-state index contributed by atoms with van der Waals surface area (Å²) in [5, 5.41) is 33.4. The van der Waals surface area contributed by atoms with Crippen LogP contribution in [0.1, 0.15) is 21.5 Å². The average molecular weight is 674 g/mol. The van der Waals surface area contributed by atoms with Crippen molar-refractivity contribution in [2.24, 2.45) is 20.5 Å². The van der Waals surface area contributed by atoms with Crippen molar-refractivity contribution >= 4 is 67.4 Å². The lowest BCUT2D eigenvalue weighted by Gasteiger charge is -2.16. The van der Waals surface area contributed by atoms with Crippen LogP contribution in [0, 0.1) is 13.8 Å². The summed E-state index contributed by atoms with van der Waals surface area (Å²) < 4.78 is 38.2. The predicted molar refractivity (Wildman–Crippen MR) is 171 cm³/mol. The van der Waals surface area contributed by atoms with Gasteiger partial charge >= 0.3 is 6.03 Å². The lowest BCUT2D eigenvalue weighted by Crippen LogP contribution is -2.57. The second kappa shape index (κ2) is 13.8. The molecular weight excluding hydrogens is 646 g/mol. The van der Waals surface area contributed by atoms with Gasteiger partial charge in [0.15, 0.2) is 0 Å². The van der Waals surface area contributed by atoms with Crippen molar-refractivity contribution in [3.05, 3.63) is 83.4 Å². The van der Waals surface area contributed by atoms with Crippen molar-refractivity contribution in [3.63, 3.8) is 0 Å². The maximum Gasteiger partial charge on any atom is 0.328 e. The highest BCUT2D eigenvalue weighted by Crippen LogP contribution is 2.35. The van der Waals surface area contributed by atoms with E-state index < -0.39 is 39.9 Å². The molecule has 0 atom stereocenters. The predicted octanol–water partition coefficient (Wildman–Crippen LogP) is 4.56. The first-order chi connectivity index (χ1) is 22.8. The number of benzene rings is 4. The van der Waals surface area contributed by atoms with Crippen LogP contribution >= 0.6 is 0 Å². The molecule has 5 amide bonds. The first-order valence-corrected chi connectivity index (χ1v) is 15.6. The van der Waals surface area contributed by atoms with Crippen molar-refractivity contribution in [1.82, 2.24) is 10.6 Å². The number of aliphatic hydroxyl groups is 1. The number of fused-ring (bicyclic) bond motifs is 1. The number of carbonyl (C=O) groups excluding carboxylic acids is 4. The molecular formula is C31H27N7O9S. The standard InChI is InChI=1S/C31H27N7O9S/c1-16-11-22(48(44,45)46)13-19-5-8-21(14-23(16)19)36-37-24-15-26(47-10-9-39)25(12-17(24)2)32-28(40)18-3-6-20(7-4-18)35-38-27-29(41)33-31(43)34-30(27)42/h3-8,11-15,27,39H,9-10H2,1-2H3,(H,32,40)(H,44,45,46)(H2,33,34,41,42,43). The van der Waals surface area contributed by atoms with E-state index in [1.807, 2.05) is 10.6 Å².